The summed E-state index contributed by atoms with van der Waals surface area (Å²) >= 11 is 0. The second-order valence-electron chi connectivity index (χ2n) is 16.3. The van der Waals surface area contributed by atoms with Crippen LogP contribution in [0.2, 0.25) is 0 Å². The quantitative estimate of drug-likeness (QED) is 0.505. The minimum absolute atomic E-state index is 0.0160. The molecule has 270 valence electrons. The first-order valence-corrected chi connectivity index (χ1v) is 20.0. The topological polar surface area (TPSA) is 131 Å². The number of fused-ring (bicyclic) bond motifs is 4. The van der Waals surface area contributed by atoms with Gasteiger partial charge in [-0.3, -0.25) is 29.0 Å². The third-order valence-corrected chi connectivity index (χ3v) is 12.5. The molecule has 6 saturated heterocycles. The second kappa shape index (κ2) is 13.9. The van der Waals surface area contributed by atoms with Crippen LogP contribution >= 0.6 is 0 Å². The molecule has 6 aliphatic rings. The highest BCUT2D eigenvalue weighted by Crippen LogP contribution is 2.33. The molecule has 6 aliphatic heterocycles. The van der Waals surface area contributed by atoms with Crippen molar-refractivity contribution >= 4 is 33.5 Å². The van der Waals surface area contributed by atoms with E-state index in [1.54, 1.807) is 29.2 Å². The highest BCUT2D eigenvalue weighted by Gasteiger charge is 2.46. The molecule has 0 aliphatic carbocycles. The van der Waals surface area contributed by atoms with Gasteiger partial charge in [0.05, 0.1) is 22.9 Å². The number of likely N-dealkylation sites (tertiary alicyclic amines) is 1. The van der Waals surface area contributed by atoms with Crippen molar-refractivity contribution in [2.45, 2.75) is 107 Å². The third-order valence-electron chi connectivity index (χ3n) is 11.3. The minimum Gasteiger partial charge on any atom is -0.349 e. The van der Waals surface area contributed by atoms with Crippen molar-refractivity contribution in [1.29, 1.82) is 0 Å². The van der Waals surface area contributed by atoms with Crippen LogP contribution in [0.5, 0.6) is 0 Å². The molecule has 13 heteroatoms. The zero-order valence-electron chi connectivity index (χ0n) is 29.7. The van der Waals surface area contributed by atoms with E-state index in [-0.39, 0.29) is 59.0 Å². The third kappa shape index (κ3) is 8.14. The van der Waals surface area contributed by atoms with Crippen LogP contribution in [0.3, 0.4) is 0 Å². The molecule has 2 atom stereocenters. The van der Waals surface area contributed by atoms with Crippen molar-refractivity contribution in [3.05, 3.63) is 29.8 Å². The van der Waals surface area contributed by atoms with Gasteiger partial charge in [0.2, 0.25) is 23.6 Å². The maximum atomic E-state index is 14.3. The zero-order chi connectivity index (χ0) is 35.1. The van der Waals surface area contributed by atoms with Crippen LogP contribution in [0.25, 0.3) is 0 Å². The Bertz CT molecular complexity index is 1530. The number of carbonyl (C=O) groups is 4. The van der Waals surface area contributed by atoms with E-state index in [0.717, 1.165) is 37.8 Å². The number of piperazine rings is 1. The molecule has 1 N–H and O–H groups in total. The molecule has 49 heavy (non-hydrogen) atoms. The molecular weight excluding hydrogens is 644 g/mol. The van der Waals surface area contributed by atoms with Crippen molar-refractivity contribution in [1.82, 2.24) is 29.8 Å². The molecule has 12 nitrogen and oxygen atoms in total. The van der Waals surface area contributed by atoms with Gasteiger partial charge in [-0.15, -0.1) is 0 Å². The van der Waals surface area contributed by atoms with Crippen LogP contribution < -0.4 is 5.32 Å². The fourth-order valence-electron chi connectivity index (χ4n) is 8.52. The summed E-state index contributed by atoms with van der Waals surface area (Å²) < 4.78 is 24.0. The highest BCUT2D eigenvalue weighted by atomic mass is 32.2. The molecule has 6 heterocycles. The first kappa shape index (κ1) is 35.8. The summed E-state index contributed by atoms with van der Waals surface area (Å²) in [5.41, 5.74) is 0.0155. The lowest BCUT2D eigenvalue weighted by Gasteiger charge is -2.46. The molecule has 0 radical (unpaired) electrons. The maximum absolute atomic E-state index is 14.3. The molecule has 1 spiro atoms. The van der Waals surface area contributed by atoms with E-state index >= 15 is 0 Å². The van der Waals surface area contributed by atoms with Gasteiger partial charge < -0.3 is 20.0 Å². The first-order valence-electron chi connectivity index (χ1n) is 18.1. The van der Waals surface area contributed by atoms with Crippen molar-refractivity contribution < 1.29 is 27.6 Å². The lowest BCUT2D eigenvalue weighted by atomic mass is 9.82. The van der Waals surface area contributed by atoms with Crippen molar-refractivity contribution in [2.24, 2.45) is 5.41 Å². The number of rotatable bonds is 4. The fraction of sp³-hybridized carbons (Fsp3) is 0.722. The first-order chi connectivity index (χ1) is 23.1. The number of nitrogens with one attached hydrogen (secondary N) is 1. The van der Waals surface area contributed by atoms with Crippen LogP contribution in [-0.4, -0.2) is 139 Å². The van der Waals surface area contributed by atoms with E-state index in [0.29, 0.717) is 65.1 Å². The number of sulfone groups is 1. The normalized spacial score (nSPS) is 26.4. The number of piperidine rings is 2. The van der Waals surface area contributed by atoms with Gasteiger partial charge in [-0.1, -0.05) is 32.9 Å². The molecule has 7 rings (SSSR count). The van der Waals surface area contributed by atoms with E-state index < -0.39 is 21.4 Å². The van der Waals surface area contributed by atoms with Gasteiger partial charge >= 0.3 is 0 Å². The molecule has 1 aromatic rings. The summed E-state index contributed by atoms with van der Waals surface area (Å²) in [6, 6.07) is 6.24. The smallest absolute Gasteiger partial charge is 0.241 e. The summed E-state index contributed by atoms with van der Waals surface area (Å²) in [6.07, 6.45) is 6.10. The molecule has 1 unspecified atom stereocenters. The molecule has 4 amide bonds. The van der Waals surface area contributed by atoms with Gasteiger partial charge in [-0.2, -0.15) is 0 Å². The molecule has 0 aromatic heterocycles. The number of hydrogen-bond donors (Lipinski definition) is 1. The number of amides is 4. The van der Waals surface area contributed by atoms with Crippen molar-refractivity contribution in [3.63, 3.8) is 0 Å². The van der Waals surface area contributed by atoms with Crippen LogP contribution in [0.1, 0.15) is 77.7 Å². The van der Waals surface area contributed by atoms with Crippen LogP contribution in [0.15, 0.2) is 29.2 Å². The Labute approximate surface area is 291 Å². The number of hydrogen-bond acceptors (Lipinski definition) is 8. The van der Waals surface area contributed by atoms with Crippen molar-refractivity contribution in [2.75, 3.05) is 58.6 Å². The molecular formula is C36H54N6O6S. The Balaban J connectivity index is 1.26. The number of benzene rings is 1. The Kier molecular flexibility index (Phi) is 10.2. The SMILES string of the molecule is CC(C)(C)CC(=O)N1CCC2(CC1)CC(=O)N1CCN(Cc3ccc(S(C)(=O)=O)cc3)[C@H](C1)C(=O)N1CCC(CC1)N1CCCC1C(=O)N2. The predicted molar refractivity (Wildman–Crippen MR) is 185 cm³/mol. The standard InChI is InChI=1S/C36H54N6O6S/c1-35(2,3)22-31(43)38-18-13-36(14-19-38)23-32(44)41-21-20-40(24-26-7-9-28(10-8-26)49(4,47)48)30(25-41)34(46)39-16-11-27(12-17-39)42-15-5-6-29(42)33(45)37-36/h7-10,27,29-30H,5-6,11-25H2,1-4H3,(H,37,45)/t29?,30-/m1/s1. The lowest BCUT2D eigenvalue weighted by molar-refractivity contribution is -0.145. The van der Waals surface area contributed by atoms with Gasteiger partial charge in [-0.05, 0) is 68.2 Å². The summed E-state index contributed by atoms with van der Waals surface area (Å²) in [5, 5.41) is 3.41. The summed E-state index contributed by atoms with van der Waals surface area (Å²) in [4.78, 5) is 66.0. The van der Waals surface area contributed by atoms with Gasteiger partial charge in [0.1, 0.15) is 6.04 Å². The van der Waals surface area contributed by atoms with Crippen LogP contribution in [0.4, 0.5) is 0 Å². The van der Waals surface area contributed by atoms with E-state index in [1.807, 2.05) is 9.80 Å². The average molecular weight is 699 g/mol. The molecule has 1 aromatic carbocycles. The maximum Gasteiger partial charge on any atom is 0.241 e. The Morgan fingerprint density at radius 2 is 1.55 bits per heavy atom. The summed E-state index contributed by atoms with van der Waals surface area (Å²) in [7, 11) is -3.32. The molecule has 4 bridgehead atoms. The van der Waals surface area contributed by atoms with E-state index in [4.69, 9.17) is 0 Å². The summed E-state index contributed by atoms with van der Waals surface area (Å²) in [5.74, 6) is 0.0272. The van der Waals surface area contributed by atoms with E-state index in [1.165, 1.54) is 6.26 Å². The Hall–Kier alpha value is -3.03. The lowest BCUT2D eigenvalue weighted by Crippen LogP contribution is -2.63. The second-order valence-corrected chi connectivity index (χ2v) is 18.3. The van der Waals surface area contributed by atoms with Gasteiger partial charge in [0.15, 0.2) is 9.84 Å². The highest BCUT2D eigenvalue weighted by molar-refractivity contribution is 7.90. The fourth-order valence-corrected chi connectivity index (χ4v) is 9.16. The van der Waals surface area contributed by atoms with E-state index in [2.05, 4.69) is 35.9 Å². The predicted octanol–water partition coefficient (Wildman–Crippen LogP) is 1.88. The monoisotopic (exact) mass is 698 g/mol. The van der Waals surface area contributed by atoms with Crippen LogP contribution in [-0.2, 0) is 35.6 Å². The molecule has 6 fully saturated rings. The van der Waals surface area contributed by atoms with E-state index in [9.17, 15) is 27.6 Å². The minimum atomic E-state index is -3.32. The molecule has 0 saturated carbocycles. The average Bonchev–Trinajstić information content (AvgIpc) is 3.54. The largest absolute Gasteiger partial charge is 0.349 e. The van der Waals surface area contributed by atoms with Gasteiger partial charge in [0, 0.05) is 71.1 Å². The summed E-state index contributed by atoms with van der Waals surface area (Å²) in [6.45, 7) is 10.9. The zero-order valence-corrected chi connectivity index (χ0v) is 30.5. The number of carbonyl (C=O) groups excluding carboxylic acids is 4. The Morgan fingerprint density at radius 3 is 2.18 bits per heavy atom. The van der Waals surface area contributed by atoms with Gasteiger partial charge in [0.25, 0.3) is 0 Å². The van der Waals surface area contributed by atoms with Gasteiger partial charge in [-0.25, -0.2) is 8.42 Å². The Morgan fingerprint density at radius 1 is 0.878 bits per heavy atom. The van der Waals surface area contributed by atoms with Crippen molar-refractivity contribution in [3.8, 4) is 0 Å². The number of nitrogens with zero attached hydrogens (tertiary/aromatic N) is 5. The van der Waals surface area contributed by atoms with Crippen LogP contribution in [0, 0.1) is 5.41 Å².